The van der Waals surface area contributed by atoms with Gasteiger partial charge in [0.05, 0.1) is 19.2 Å². The summed E-state index contributed by atoms with van der Waals surface area (Å²) in [7, 11) is 0. The average Bonchev–Trinajstić information content (AvgIpc) is 3.54. The van der Waals surface area contributed by atoms with E-state index >= 15 is 0 Å². The van der Waals surface area contributed by atoms with Gasteiger partial charge in [-0.15, -0.1) is 0 Å². The van der Waals surface area contributed by atoms with E-state index < -0.39 is 24.5 Å². The zero-order valence-corrected chi connectivity index (χ0v) is 23.1. The molecule has 15 heteroatoms. The van der Waals surface area contributed by atoms with E-state index in [1.54, 1.807) is 48.5 Å². The first kappa shape index (κ1) is 31.3. The molecule has 10 N–H and O–H groups in total. The minimum absolute atomic E-state index is 0. The number of carbonyl (C=O) groups excluding carboxylic acids is 2. The van der Waals surface area contributed by atoms with Crippen LogP contribution in [0.25, 0.3) is 11.2 Å². The SMILES string of the molecule is NCCNC(=O)Cc1ccc(NC(=O)Cc2ccc(OC[C@H]3O[C@@H](n4cnc5c(N)ncnc54)[C@H](O)[C@@H]3O)cc2)cc1.O. The monoisotopic (exact) mass is 594 g/mol. The number of hydrogen-bond acceptors (Lipinski definition) is 11. The summed E-state index contributed by atoms with van der Waals surface area (Å²) in [5, 5.41) is 26.7. The Kier molecular flexibility index (Phi) is 10.2. The van der Waals surface area contributed by atoms with Crippen LogP contribution in [0.2, 0.25) is 0 Å². The molecule has 2 aromatic heterocycles. The lowest BCUT2D eigenvalue weighted by Crippen LogP contribution is -2.34. The smallest absolute Gasteiger partial charge is 0.228 e. The van der Waals surface area contributed by atoms with Crippen LogP contribution in [0.3, 0.4) is 0 Å². The van der Waals surface area contributed by atoms with Crippen molar-refractivity contribution in [1.29, 1.82) is 0 Å². The van der Waals surface area contributed by atoms with Gasteiger partial charge in [0.15, 0.2) is 17.7 Å². The summed E-state index contributed by atoms with van der Waals surface area (Å²) in [6, 6.07) is 14.0. The Balaban J connectivity index is 0.00000423. The molecule has 228 valence electrons. The molecular formula is C28H34N8O7. The predicted octanol–water partition coefficient (Wildman–Crippen LogP) is -0.919. The minimum atomic E-state index is -1.25. The summed E-state index contributed by atoms with van der Waals surface area (Å²) in [6.45, 7) is 0.792. The Morgan fingerprint density at radius 1 is 0.953 bits per heavy atom. The number of amides is 2. The topological polar surface area (TPSA) is 244 Å². The van der Waals surface area contributed by atoms with E-state index in [9.17, 15) is 19.8 Å². The van der Waals surface area contributed by atoms with Gasteiger partial charge in [-0.1, -0.05) is 24.3 Å². The summed E-state index contributed by atoms with van der Waals surface area (Å²) in [4.78, 5) is 36.6. The summed E-state index contributed by atoms with van der Waals surface area (Å²) < 4.78 is 13.2. The van der Waals surface area contributed by atoms with Gasteiger partial charge in [0, 0.05) is 18.8 Å². The van der Waals surface area contributed by atoms with Crippen LogP contribution in [0.15, 0.2) is 61.2 Å². The second-order valence-electron chi connectivity index (χ2n) is 9.82. The number of nitrogens with one attached hydrogen (secondary N) is 2. The Morgan fingerprint density at radius 3 is 2.33 bits per heavy atom. The Morgan fingerprint density at radius 2 is 1.63 bits per heavy atom. The van der Waals surface area contributed by atoms with E-state index in [4.69, 9.17) is 20.9 Å². The number of nitrogen functional groups attached to an aromatic ring is 1. The highest BCUT2D eigenvalue weighted by Crippen LogP contribution is 2.32. The fourth-order valence-corrected chi connectivity index (χ4v) is 4.59. The molecule has 1 aliphatic heterocycles. The van der Waals surface area contributed by atoms with Crippen molar-refractivity contribution in [3.8, 4) is 5.75 Å². The van der Waals surface area contributed by atoms with Crippen LogP contribution in [0.4, 0.5) is 11.5 Å². The zero-order chi connectivity index (χ0) is 29.6. The number of aromatic nitrogens is 4. The van der Waals surface area contributed by atoms with E-state index in [0.717, 1.165) is 11.1 Å². The molecule has 1 aliphatic rings. The zero-order valence-electron chi connectivity index (χ0n) is 23.1. The maximum absolute atomic E-state index is 12.5. The standard InChI is InChI=1S/C28H32N8O6.H2O/c29-9-10-31-21(37)11-16-1-5-18(6-2-16)35-22(38)12-17-3-7-19(8-4-17)41-13-20-24(39)25(40)28(42-20)36-15-34-23-26(30)32-14-33-27(23)36;/h1-8,14-15,20,24-25,28,39-40H,9-13,29H2,(H,31,37)(H,35,38)(H2,30,32,33);1H2/t20-,24-,25-,28-;/m1./s1. The largest absolute Gasteiger partial charge is 0.491 e. The molecule has 4 atom stereocenters. The van der Waals surface area contributed by atoms with E-state index in [-0.39, 0.29) is 42.6 Å². The van der Waals surface area contributed by atoms with Crippen molar-refractivity contribution in [2.75, 3.05) is 30.7 Å². The molecule has 0 spiro atoms. The molecule has 2 aromatic carbocycles. The van der Waals surface area contributed by atoms with Gasteiger partial charge in [-0.3, -0.25) is 14.2 Å². The van der Waals surface area contributed by atoms with Crippen molar-refractivity contribution in [1.82, 2.24) is 24.8 Å². The number of aliphatic hydroxyl groups excluding tert-OH is 2. The maximum atomic E-state index is 12.5. The lowest BCUT2D eigenvalue weighted by atomic mass is 10.1. The molecule has 0 saturated carbocycles. The number of rotatable bonds is 11. The average molecular weight is 595 g/mol. The van der Waals surface area contributed by atoms with Crippen LogP contribution in [0, 0.1) is 0 Å². The van der Waals surface area contributed by atoms with Crippen LogP contribution in [0.1, 0.15) is 17.4 Å². The number of nitrogens with two attached hydrogens (primary N) is 2. The number of carbonyl (C=O) groups is 2. The lowest BCUT2D eigenvalue weighted by molar-refractivity contribution is -0.120. The van der Waals surface area contributed by atoms with Crippen molar-refractivity contribution in [3.05, 3.63) is 72.3 Å². The Labute approximate surface area is 246 Å². The number of aliphatic hydroxyl groups is 2. The molecule has 0 bridgehead atoms. The second kappa shape index (κ2) is 14.0. The number of anilines is 2. The Hall–Kier alpha value is -4.67. The molecule has 2 amide bonds. The third-order valence-electron chi connectivity index (χ3n) is 6.77. The highest BCUT2D eigenvalue weighted by molar-refractivity contribution is 5.92. The van der Waals surface area contributed by atoms with Gasteiger partial charge in [-0.05, 0) is 35.4 Å². The molecule has 4 aromatic rings. The lowest BCUT2D eigenvalue weighted by Gasteiger charge is -2.16. The van der Waals surface area contributed by atoms with Crippen molar-refractivity contribution in [3.63, 3.8) is 0 Å². The maximum Gasteiger partial charge on any atom is 0.228 e. The highest BCUT2D eigenvalue weighted by Gasteiger charge is 2.44. The van der Waals surface area contributed by atoms with Crippen molar-refractivity contribution in [2.24, 2.45) is 5.73 Å². The molecule has 3 heterocycles. The quantitative estimate of drug-likeness (QED) is 0.124. The van der Waals surface area contributed by atoms with Crippen molar-refractivity contribution >= 4 is 34.5 Å². The first-order chi connectivity index (χ1) is 20.3. The first-order valence-corrected chi connectivity index (χ1v) is 13.3. The Bertz CT molecular complexity index is 1530. The van der Waals surface area contributed by atoms with Crippen molar-refractivity contribution in [2.45, 2.75) is 37.4 Å². The number of benzene rings is 2. The molecule has 1 fully saturated rings. The molecule has 0 radical (unpaired) electrons. The summed E-state index contributed by atoms with van der Waals surface area (Å²) in [5.41, 5.74) is 14.2. The van der Waals surface area contributed by atoms with Gasteiger partial charge in [0.1, 0.15) is 42.5 Å². The highest BCUT2D eigenvalue weighted by atomic mass is 16.6. The number of hydrogen-bond donors (Lipinski definition) is 6. The number of ether oxygens (including phenoxy) is 2. The number of fused-ring (bicyclic) bond motifs is 1. The third kappa shape index (κ3) is 7.40. The van der Waals surface area contributed by atoms with Gasteiger partial charge in [-0.2, -0.15) is 0 Å². The van der Waals surface area contributed by atoms with E-state index in [1.807, 2.05) is 0 Å². The van der Waals surface area contributed by atoms with Crippen LogP contribution in [0.5, 0.6) is 5.75 Å². The molecule has 0 unspecified atom stereocenters. The van der Waals surface area contributed by atoms with Gasteiger partial charge in [0.25, 0.3) is 0 Å². The van der Waals surface area contributed by atoms with Crippen LogP contribution in [-0.2, 0) is 27.2 Å². The second-order valence-corrected chi connectivity index (χ2v) is 9.82. The van der Waals surface area contributed by atoms with Crippen molar-refractivity contribution < 1.29 is 34.8 Å². The first-order valence-electron chi connectivity index (χ1n) is 13.3. The number of imidazole rings is 1. The van der Waals surface area contributed by atoms with E-state index in [0.29, 0.717) is 35.7 Å². The normalized spacial score (nSPS) is 19.5. The molecule has 15 nitrogen and oxygen atoms in total. The molecule has 0 aliphatic carbocycles. The van der Waals surface area contributed by atoms with Gasteiger partial charge in [0.2, 0.25) is 11.8 Å². The van der Waals surface area contributed by atoms with Gasteiger partial charge in [-0.25, -0.2) is 15.0 Å². The summed E-state index contributed by atoms with van der Waals surface area (Å²) in [5.74, 6) is 0.401. The van der Waals surface area contributed by atoms with Crippen LogP contribution in [-0.4, -0.2) is 85.0 Å². The molecule has 43 heavy (non-hydrogen) atoms. The molecule has 5 rings (SSSR count). The molecule has 1 saturated heterocycles. The third-order valence-corrected chi connectivity index (χ3v) is 6.77. The van der Waals surface area contributed by atoms with Crippen LogP contribution >= 0.6 is 0 Å². The van der Waals surface area contributed by atoms with E-state index in [1.165, 1.54) is 17.2 Å². The number of nitrogens with zero attached hydrogens (tertiary/aromatic N) is 4. The van der Waals surface area contributed by atoms with Gasteiger partial charge < -0.3 is 47.3 Å². The predicted molar refractivity (Wildman–Crippen MR) is 156 cm³/mol. The fourth-order valence-electron chi connectivity index (χ4n) is 4.59. The molecular weight excluding hydrogens is 560 g/mol. The summed E-state index contributed by atoms with van der Waals surface area (Å²) >= 11 is 0. The van der Waals surface area contributed by atoms with Gasteiger partial charge >= 0.3 is 0 Å². The summed E-state index contributed by atoms with van der Waals surface area (Å²) in [6.07, 6.45) is -1.12. The fraction of sp³-hybridized carbons (Fsp3) is 0.321. The van der Waals surface area contributed by atoms with E-state index in [2.05, 4.69) is 25.6 Å². The van der Waals surface area contributed by atoms with Crippen LogP contribution < -0.4 is 26.8 Å². The minimum Gasteiger partial charge on any atom is -0.491 e.